The summed E-state index contributed by atoms with van der Waals surface area (Å²) in [5.41, 5.74) is 1.59. The largest absolute Gasteiger partial charge is 0.477 e. The Hall–Kier alpha value is -2.24. The summed E-state index contributed by atoms with van der Waals surface area (Å²) in [6.07, 6.45) is 4.83. The van der Waals surface area contributed by atoms with Crippen LogP contribution in [0.15, 0.2) is 12.4 Å². The number of carboxylic acid groups (broad SMARTS) is 1. The number of fused-ring (bicyclic) bond motifs is 2. The second kappa shape index (κ2) is 3.38. The normalized spacial score (nSPS) is 14.9. The highest BCUT2D eigenvalue weighted by Crippen LogP contribution is 2.21. The van der Waals surface area contributed by atoms with Gasteiger partial charge in [0.1, 0.15) is 5.56 Å². The first kappa shape index (κ1) is 9.95. The van der Waals surface area contributed by atoms with Crippen LogP contribution in [-0.4, -0.2) is 31.5 Å². The second-order valence-corrected chi connectivity index (χ2v) is 4.01. The van der Waals surface area contributed by atoms with Crippen LogP contribution in [0.3, 0.4) is 0 Å². The van der Waals surface area contributed by atoms with Gasteiger partial charge in [0.05, 0.1) is 17.5 Å². The summed E-state index contributed by atoms with van der Waals surface area (Å²) in [7, 11) is 0. The molecule has 0 unspecified atom stereocenters. The third-order valence-electron chi connectivity index (χ3n) is 2.92. The monoisotopic (exact) mass is 231 g/mol. The Balaban J connectivity index is 2.29. The van der Waals surface area contributed by atoms with E-state index in [2.05, 4.69) is 10.1 Å². The van der Waals surface area contributed by atoms with Crippen molar-refractivity contribution < 1.29 is 14.7 Å². The molecule has 1 aliphatic rings. The number of nitrogens with zero attached hydrogens (tertiary/aromatic N) is 3. The van der Waals surface area contributed by atoms with E-state index in [0.717, 1.165) is 6.42 Å². The zero-order valence-electron chi connectivity index (χ0n) is 8.88. The molecular weight excluding hydrogens is 222 g/mol. The summed E-state index contributed by atoms with van der Waals surface area (Å²) in [5, 5.41) is 12.9. The minimum absolute atomic E-state index is 0.0491. The second-order valence-electron chi connectivity index (χ2n) is 4.01. The molecule has 3 rings (SSSR count). The number of aromatic nitrogens is 3. The minimum Gasteiger partial charge on any atom is -0.477 e. The number of carbonyl (C=O) groups excluding carboxylic acids is 1. The first-order chi connectivity index (χ1) is 8.16. The van der Waals surface area contributed by atoms with Gasteiger partial charge in [0.15, 0.2) is 11.4 Å². The molecule has 0 aromatic carbocycles. The van der Waals surface area contributed by atoms with Crippen LogP contribution in [0.1, 0.15) is 39.3 Å². The van der Waals surface area contributed by atoms with Crippen LogP contribution in [0.5, 0.6) is 0 Å². The van der Waals surface area contributed by atoms with E-state index in [9.17, 15) is 9.59 Å². The Kier molecular flexibility index (Phi) is 1.98. The average molecular weight is 231 g/mol. The van der Waals surface area contributed by atoms with Gasteiger partial charge in [-0.3, -0.25) is 4.79 Å². The van der Waals surface area contributed by atoms with E-state index in [1.54, 1.807) is 6.20 Å². The van der Waals surface area contributed by atoms with Gasteiger partial charge in [-0.25, -0.2) is 14.3 Å². The van der Waals surface area contributed by atoms with Crippen LogP contribution in [0.2, 0.25) is 0 Å². The van der Waals surface area contributed by atoms with Gasteiger partial charge in [0.2, 0.25) is 0 Å². The quantitative estimate of drug-likeness (QED) is 0.789. The molecule has 86 valence electrons. The number of hydrogen-bond donors (Lipinski definition) is 1. The summed E-state index contributed by atoms with van der Waals surface area (Å²) < 4.78 is 1.35. The van der Waals surface area contributed by atoms with Crippen LogP contribution in [0, 0.1) is 0 Å². The molecule has 17 heavy (non-hydrogen) atoms. The fraction of sp³-hybridized carbons (Fsp3) is 0.273. The highest BCUT2D eigenvalue weighted by molar-refractivity contribution is 5.99. The van der Waals surface area contributed by atoms with Gasteiger partial charge in [0.25, 0.3) is 0 Å². The predicted molar refractivity (Wildman–Crippen MR) is 57.2 cm³/mol. The van der Waals surface area contributed by atoms with E-state index >= 15 is 0 Å². The van der Waals surface area contributed by atoms with E-state index < -0.39 is 5.97 Å². The number of carbonyl (C=O) groups is 2. The maximum Gasteiger partial charge on any atom is 0.341 e. The van der Waals surface area contributed by atoms with Crippen molar-refractivity contribution in [3.05, 3.63) is 29.2 Å². The first-order valence-corrected chi connectivity index (χ1v) is 5.30. The standard InChI is InChI=1S/C11H9N3O3/c15-9-3-1-2-8-7(9)5-14-10(13-8)6(4-12-14)11(16)17/h4-5H,1-3H2,(H,16,17). The van der Waals surface area contributed by atoms with Crippen molar-refractivity contribution in [1.29, 1.82) is 0 Å². The van der Waals surface area contributed by atoms with Crippen molar-refractivity contribution in [2.75, 3.05) is 0 Å². The fourth-order valence-corrected chi connectivity index (χ4v) is 2.07. The Labute approximate surface area is 95.9 Å². The molecule has 0 saturated heterocycles. The van der Waals surface area contributed by atoms with Crippen LogP contribution in [0.4, 0.5) is 0 Å². The van der Waals surface area contributed by atoms with E-state index in [-0.39, 0.29) is 11.3 Å². The Morgan fingerprint density at radius 3 is 3.00 bits per heavy atom. The molecule has 0 saturated carbocycles. The molecule has 0 bridgehead atoms. The molecule has 1 N–H and O–H groups in total. The number of aryl methyl sites for hydroxylation is 1. The molecule has 6 heteroatoms. The van der Waals surface area contributed by atoms with Gasteiger partial charge in [-0.15, -0.1) is 0 Å². The van der Waals surface area contributed by atoms with Gasteiger partial charge in [-0.2, -0.15) is 5.10 Å². The molecule has 1 aliphatic carbocycles. The third kappa shape index (κ3) is 1.41. The zero-order chi connectivity index (χ0) is 12.0. The van der Waals surface area contributed by atoms with Gasteiger partial charge in [-0.1, -0.05) is 0 Å². The molecule has 0 aliphatic heterocycles. The van der Waals surface area contributed by atoms with Crippen LogP contribution in [0.25, 0.3) is 5.65 Å². The number of rotatable bonds is 1. The van der Waals surface area contributed by atoms with Crippen molar-refractivity contribution in [2.45, 2.75) is 19.3 Å². The maximum absolute atomic E-state index is 11.7. The number of ketones is 1. The summed E-state index contributed by atoms with van der Waals surface area (Å²) in [6, 6.07) is 0. The van der Waals surface area contributed by atoms with Gasteiger partial charge >= 0.3 is 5.97 Å². The first-order valence-electron chi connectivity index (χ1n) is 5.30. The SMILES string of the molecule is O=C1CCCc2nc3c(C(=O)O)cnn3cc21. The highest BCUT2D eigenvalue weighted by Gasteiger charge is 2.22. The summed E-state index contributed by atoms with van der Waals surface area (Å²) >= 11 is 0. The van der Waals surface area contributed by atoms with E-state index in [1.165, 1.54) is 10.7 Å². The topological polar surface area (TPSA) is 84.6 Å². The van der Waals surface area contributed by atoms with E-state index in [4.69, 9.17) is 5.11 Å². The lowest BCUT2D eigenvalue weighted by Crippen LogP contribution is -2.14. The molecule has 2 aromatic rings. The van der Waals surface area contributed by atoms with Crippen molar-refractivity contribution in [1.82, 2.24) is 14.6 Å². The molecule has 0 radical (unpaired) electrons. The average Bonchev–Trinajstić information content (AvgIpc) is 2.70. The van der Waals surface area contributed by atoms with E-state index in [0.29, 0.717) is 29.7 Å². The van der Waals surface area contributed by atoms with Gasteiger partial charge < -0.3 is 5.11 Å². The molecule has 0 spiro atoms. The Morgan fingerprint density at radius 1 is 1.41 bits per heavy atom. The van der Waals surface area contributed by atoms with Crippen molar-refractivity contribution in [2.24, 2.45) is 0 Å². The van der Waals surface area contributed by atoms with Crippen LogP contribution < -0.4 is 0 Å². The number of aromatic carboxylic acids is 1. The summed E-state index contributed by atoms with van der Waals surface area (Å²) in [5.74, 6) is -1.01. The number of carboxylic acids is 1. The number of Topliss-reactive ketones (excluding diaryl/α,β-unsaturated/α-hetero) is 1. The molecule has 2 heterocycles. The summed E-state index contributed by atoms with van der Waals surface area (Å²) in [6.45, 7) is 0. The molecule has 0 fully saturated rings. The lowest BCUT2D eigenvalue weighted by atomic mass is 9.96. The Bertz CT molecular complexity index is 645. The predicted octanol–water partition coefficient (Wildman–Crippen LogP) is 0.946. The van der Waals surface area contributed by atoms with Crippen LogP contribution >= 0.6 is 0 Å². The van der Waals surface area contributed by atoms with Crippen molar-refractivity contribution in [3.8, 4) is 0 Å². The lowest BCUT2D eigenvalue weighted by molar-refractivity contribution is 0.0698. The fourth-order valence-electron chi connectivity index (χ4n) is 2.07. The minimum atomic E-state index is -1.06. The maximum atomic E-state index is 11.7. The van der Waals surface area contributed by atoms with Crippen molar-refractivity contribution in [3.63, 3.8) is 0 Å². The summed E-state index contributed by atoms with van der Waals surface area (Å²) in [4.78, 5) is 26.9. The van der Waals surface area contributed by atoms with E-state index in [1.807, 2.05) is 0 Å². The highest BCUT2D eigenvalue weighted by atomic mass is 16.4. The molecule has 2 aromatic heterocycles. The van der Waals surface area contributed by atoms with Gasteiger partial charge in [0, 0.05) is 12.6 Å². The zero-order valence-corrected chi connectivity index (χ0v) is 8.88. The smallest absolute Gasteiger partial charge is 0.341 e. The molecule has 0 amide bonds. The number of hydrogen-bond acceptors (Lipinski definition) is 4. The van der Waals surface area contributed by atoms with Crippen molar-refractivity contribution >= 4 is 17.4 Å². The van der Waals surface area contributed by atoms with Gasteiger partial charge in [-0.05, 0) is 12.8 Å². The third-order valence-corrected chi connectivity index (χ3v) is 2.92. The Morgan fingerprint density at radius 2 is 2.24 bits per heavy atom. The molecule has 6 nitrogen and oxygen atoms in total. The molecular formula is C11H9N3O3. The lowest BCUT2D eigenvalue weighted by Gasteiger charge is -2.13. The molecule has 0 atom stereocenters. The van der Waals surface area contributed by atoms with Crippen LogP contribution in [-0.2, 0) is 6.42 Å².